The van der Waals surface area contributed by atoms with Crippen LogP contribution in [0.3, 0.4) is 0 Å². The number of carbonyl (C=O) groups excluding carboxylic acids is 1. The highest BCUT2D eigenvalue weighted by Gasteiger charge is 2.40. The van der Waals surface area contributed by atoms with E-state index in [0.717, 1.165) is 6.20 Å². The van der Waals surface area contributed by atoms with Gasteiger partial charge in [0.25, 0.3) is 5.91 Å². The molecule has 0 saturated carbocycles. The van der Waals surface area contributed by atoms with Gasteiger partial charge in [-0.15, -0.1) is 0 Å². The second-order valence-electron chi connectivity index (χ2n) is 9.14. The van der Waals surface area contributed by atoms with E-state index in [-0.39, 0.29) is 17.9 Å². The first-order valence-electron chi connectivity index (χ1n) is 12.6. The Kier molecular flexibility index (Phi) is 7.88. The normalized spacial score (nSPS) is 12.1. The van der Waals surface area contributed by atoms with Crippen LogP contribution >= 0.6 is 0 Å². The number of carbonyl (C=O) groups is 1. The number of hydrogen-bond donors (Lipinski definition) is 3. The number of halogens is 3. The molecule has 3 heterocycles. The number of benzene rings is 2. The van der Waals surface area contributed by atoms with E-state index in [1.54, 1.807) is 60.4 Å². The maximum atomic E-state index is 14.1. The summed E-state index contributed by atoms with van der Waals surface area (Å²) >= 11 is 0. The molecule has 14 heteroatoms. The van der Waals surface area contributed by atoms with Gasteiger partial charge < -0.3 is 20.5 Å². The van der Waals surface area contributed by atoms with Crippen LogP contribution in [-0.4, -0.2) is 60.1 Å². The van der Waals surface area contributed by atoms with Crippen molar-refractivity contribution in [1.29, 1.82) is 0 Å². The predicted molar refractivity (Wildman–Crippen MR) is 148 cm³/mol. The van der Waals surface area contributed by atoms with Gasteiger partial charge in [0.05, 0.1) is 30.7 Å². The number of ether oxygens (including phenoxy) is 1. The molecular weight excluding hydrogens is 553 g/mol. The molecule has 11 nitrogen and oxygen atoms in total. The summed E-state index contributed by atoms with van der Waals surface area (Å²) in [7, 11) is 1.44. The van der Waals surface area contributed by atoms with Gasteiger partial charge in [-0.3, -0.25) is 9.36 Å². The smallest absolute Gasteiger partial charge is 0.434 e. The number of imidazole rings is 1. The number of aromatic nitrogens is 6. The van der Waals surface area contributed by atoms with Crippen LogP contribution in [0, 0.1) is 0 Å². The maximum Gasteiger partial charge on any atom is 0.434 e. The van der Waals surface area contributed by atoms with Gasteiger partial charge in [0.1, 0.15) is 17.4 Å². The first kappa shape index (κ1) is 28.3. The van der Waals surface area contributed by atoms with Gasteiger partial charge in [-0.25, -0.2) is 14.6 Å². The van der Waals surface area contributed by atoms with Crippen molar-refractivity contribution in [3.63, 3.8) is 0 Å². The highest BCUT2D eigenvalue weighted by molar-refractivity contribution is 6.05. The van der Waals surface area contributed by atoms with Crippen molar-refractivity contribution >= 4 is 17.5 Å². The van der Waals surface area contributed by atoms with Crippen LogP contribution in [0.2, 0.25) is 0 Å². The Morgan fingerprint density at radius 3 is 2.45 bits per heavy atom. The standard InChI is InChI=1S/C28H25F3N8O3/c1-17(40)15-34-27-33-12-11-23(37-27)38-14-13-32-25(38)18-3-5-19(6-4-18)36-26(41)22-16-35-39(24(22)28(29,30)31)20-7-9-21(42-2)10-8-20/h3-14,16-17,40H,15H2,1-2H3,(H,36,41)(H,33,34,37)/t17-/m0/s1. The summed E-state index contributed by atoms with van der Waals surface area (Å²) < 4.78 is 49.7. The first-order valence-corrected chi connectivity index (χ1v) is 12.6. The summed E-state index contributed by atoms with van der Waals surface area (Å²) in [6.45, 7) is 1.92. The molecule has 1 atom stereocenters. The number of aliphatic hydroxyl groups excluding tert-OH is 1. The Labute approximate surface area is 237 Å². The zero-order chi connectivity index (χ0) is 29.9. The summed E-state index contributed by atoms with van der Waals surface area (Å²) in [5, 5.41) is 18.8. The Morgan fingerprint density at radius 2 is 1.79 bits per heavy atom. The molecule has 0 saturated heterocycles. The van der Waals surface area contributed by atoms with Crippen molar-refractivity contribution in [3.8, 4) is 28.6 Å². The topological polar surface area (TPSA) is 132 Å². The SMILES string of the molecule is COc1ccc(-n2ncc(C(=O)Nc3ccc(-c4nccn4-c4ccnc(NC[C@H](C)O)n4)cc3)c2C(F)(F)F)cc1. The molecular formula is C28H25F3N8O3. The summed E-state index contributed by atoms with van der Waals surface area (Å²) in [5.74, 6) is 0.897. The fraction of sp³-hybridized carbons (Fsp3) is 0.179. The fourth-order valence-corrected chi connectivity index (χ4v) is 4.12. The second kappa shape index (κ2) is 11.7. The molecule has 3 N–H and O–H groups in total. The number of hydrogen-bond acceptors (Lipinski definition) is 8. The molecule has 0 spiro atoms. The number of nitrogens with zero attached hydrogens (tertiary/aromatic N) is 6. The molecule has 1 amide bonds. The van der Waals surface area contributed by atoms with E-state index >= 15 is 0 Å². The number of nitrogens with one attached hydrogen (secondary N) is 2. The molecule has 0 unspecified atom stereocenters. The second-order valence-corrected chi connectivity index (χ2v) is 9.14. The van der Waals surface area contributed by atoms with Crippen molar-refractivity contribution in [2.45, 2.75) is 19.2 Å². The van der Waals surface area contributed by atoms with Crippen LogP contribution in [-0.2, 0) is 6.18 Å². The molecule has 2 aromatic carbocycles. The van der Waals surface area contributed by atoms with Gasteiger partial charge >= 0.3 is 6.18 Å². The number of rotatable bonds is 9. The van der Waals surface area contributed by atoms with E-state index in [4.69, 9.17) is 4.74 Å². The highest BCUT2D eigenvalue weighted by atomic mass is 19.4. The lowest BCUT2D eigenvalue weighted by atomic mass is 10.1. The van der Waals surface area contributed by atoms with Gasteiger partial charge in [-0.2, -0.15) is 23.3 Å². The van der Waals surface area contributed by atoms with Gasteiger partial charge in [0.15, 0.2) is 5.69 Å². The lowest BCUT2D eigenvalue weighted by Gasteiger charge is -2.13. The quantitative estimate of drug-likeness (QED) is 0.232. The van der Waals surface area contributed by atoms with Gasteiger partial charge in [0, 0.05) is 36.4 Å². The van der Waals surface area contributed by atoms with Gasteiger partial charge in [-0.05, 0) is 61.5 Å². The van der Waals surface area contributed by atoms with Crippen LogP contribution < -0.4 is 15.4 Å². The van der Waals surface area contributed by atoms with Crippen LogP contribution in [0.25, 0.3) is 22.9 Å². The summed E-state index contributed by atoms with van der Waals surface area (Å²) in [4.78, 5) is 26.0. The fourth-order valence-electron chi connectivity index (χ4n) is 4.12. The molecule has 0 bridgehead atoms. The van der Waals surface area contributed by atoms with Crippen LogP contribution in [0.15, 0.2) is 79.4 Å². The monoisotopic (exact) mass is 578 g/mol. The molecule has 0 radical (unpaired) electrons. The summed E-state index contributed by atoms with van der Waals surface area (Å²) in [6.07, 6.45) is 0.335. The van der Waals surface area contributed by atoms with E-state index < -0.39 is 29.4 Å². The van der Waals surface area contributed by atoms with E-state index in [1.807, 2.05) is 0 Å². The highest BCUT2D eigenvalue weighted by Crippen LogP contribution is 2.34. The van der Waals surface area contributed by atoms with Crippen molar-refractivity contribution in [1.82, 2.24) is 29.3 Å². The number of aliphatic hydroxyl groups is 1. The maximum absolute atomic E-state index is 14.1. The first-order chi connectivity index (χ1) is 20.1. The molecule has 5 rings (SSSR count). The van der Waals surface area contributed by atoms with Crippen LogP contribution in [0.1, 0.15) is 23.0 Å². The van der Waals surface area contributed by atoms with Crippen molar-refractivity contribution in [3.05, 3.63) is 90.6 Å². The lowest BCUT2D eigenvalue weighted by Crippen LogP contribution is -2.20. The van der Waals surface area contributed by atoms with E-state index in [1.165, 1.54) is 31.4 Å². The third-order valence-corrected chi connectivity index (χ3v) is 6.08. The number of alkyl halides is 3. The Hall–Kier alpha value is -5.24. The molecule has 3 aromatic heterocycles. The third kappa shape index (κ3) is 6.07. The molecule has 0 aliphatic heterocycles. The zero-order valence-electron chi connectivity index (χ0n) is 22.4. The van der Waals surface area contributed by atoms with Gasteiger partial charge in [-0.1, -0.05) is 0 Å². The van der Waals surface area contributed by atoms with E-state index in [9.17, 15) is 23.1 Å². The van der Waals surface area contributed by atoms with Crippen LogP contribution in [0.4, 0.5) is 24.8 Å². The minimum Gasteiger partial charge on any atom is -0.497 e. The largest absolute Gasteiger partial charge is 0.497 e. The Morgan fingerprint density at radius 1 is 1.05 bits per heavy atom. The summed E-state index contributed by atoms with van der Waals surface area (Å²) in [6, 6.07) is 14.0. The minimum atomic E-state index is -4.85. The van der Waals surface area contributed by atoms with Crippen molar-refractivity contribution in [2.75, 3.05) is 24.3 Å². The third-order valence-electron chi connectivity index (χ3n) is 6.08. The molecule has 216 valence electrons. The predicted octanol–water partition coefficient (Wildman–Crippen LogP) is 4.59. The number of amides is 1. The number of methoxy groups -OCH3 is 1. The molecule has 0 aliphatic carbocycles. The zero-order valence-corrected chi connectivity index (χ0v) is 22.4. The van der Waals surface area contributed by atoms with Crippen molar-refractivity contribution in [2.24, 2.45) is 0 Å². The lowest BCUT2D eigenvalue weighted by molar-refractivity contribution is -0.143. The minimum absolute atomic E-state index is 0.122. The van der Waals surface area contributed by atoms with E-state index in [2.05, 4.69) is 30.7 Å². The molecule has 0 aliphatic rings. The Balaban J connectivity index is 1.36. The molecule has 42 heavy (non-hydrogen) atoms. The average molecular weight is 579 g/mol. The molecule has 0 fully saturated rings. The Bertz CT molecular complexity index is 1680. The number of anilines is 2. The molecule has 5 aromatic rings. The van der Waals surface area contributed by atoms with E-state index in [0.29, 0.717) is 33.6 Å². The summed E-state index contributed by atoms with van der Waals surface area (Å²) in [5.41, 5.74) is -0.758. The van der Waals surface area contributed by atoms with Crippen molar-refractivity contribution < 1.29 is 27.8 Å². The van der Waals surface area contributed by atoms with Crippen LogP contribution in [0.5, 0.6) is 5.75 Å². The van der Waals surface area contributed by atoms with Gasteiger partial charge in [0.2, 0.25) is 5.95 Å². The average Bonchev–Trinajstić information content (AvgIpc) is 3.65.